The minimum absolute atomic E-state index is 0.0531. The van der Waals surface area contributed by atoms with Crippen molar-refractivity contribution in [1.29, 1.82) is 0 Å². The number of nitrogens with zero attached hydrogens (tertiary/aromatic N) is 2. The number of hydrogen-bond acceptors (Lipinski definition) is 7. The van der Waals surface area contributed by atoms with Crippen LogP contribution in [0.2, 0.25) is 0 Å². The average molecular weight is 441 g/mol. The minimum atomic E-state index is -1.87. The molecular formula is C23H24FN3O5. The van der Waals surface area contributed by atoms with Gasteiger partial charge in [-0.25, -0.2) is 9.18 Å². The first-order valence-corrected chi connectivity index (χ1v) is 10.0. The Balaban J connectivity index is 1.68. The second kappa shape index (κ2) is 10.1. The fraction of sp³-hybridized carbons (Fsp3) is 0.304. The molecule has 168 valence electrons. The van der Waals surface area contributed by atoms with Crippen molar-refractivity contribution in [2.45, 2.75) is 39.5 Å². The summed E-state index contributed by atoms with van der Waals surface area (Å²) in [5, 5.41) is 6.44. The van der Waals surface area contributed by atoms with E-state index in [1.807, 2.05) is 0 Å². The van der Waals surface area contributed by atoms with Gasteiger partial charge in [-0.1, -0.05) is 11.2 Å². The van der Waals surface area contributed by atoms with E-state index in [-0.39, 0.29) is 25.6 Å². The van der Waals surface area contributed by atoms with Crippen molar-refractivity contribution in [3.63, 3.8) is 0 Å². The molecule has 1 unspecified atom stereocenters. The number of ether oxygens (including phenoxy) is 2. The number of esters is 1. The highest BCUT2D eigenvalue weighted by molar-refractivity contribution is 6.05. The first-order valence-electron chi connectivity index (χ1n) is 10.0. The lowest BCUT2D eigenvalue weighted by Crippen LogP contribution is -2.53. The zero-order chi connectivity index (χ0) is 23.1. The standard InChI is InChI=1S/C23H24FN3O5/c1-4-30-22(29)23(3,21(28)26-13-19-11-15(2)32-27-19)31-14-16-5-10-20(25-12-16)17-6-8-18(24)9-7-17/h5-12H,4,13-14H2,1-3H3,(H,26,28). The Morgan fingerprint density at radius 1 is 1.19 bits per heavy atom. The van der Waals surface area contributed by atoms with Gasteiger partial charge in [0.2, 0.25) is 5.60 Å². The molecule has 1 atom stereocenters. The molecule has 0 aliphatic heterocycles. The number of aromatic nitrogens is 2. The van der Waals surface area contributed by atoms with Gasteiger partial charge in [-0.15, -0.1) is 0 Å². The first-order chi connectivity index (χ1) is 15.3. The maximum atomic E-state index is 13.1. The van der Waals surface area contributed by atoms with E-state index in [1.165, 1.54) is 19.1 Å². The summed E-state index contributed by atoms with van der Waals surface area (Å²) in [5.74, 6) is -1.18. The lowest BCUT2D eigenvalue weighted by molar-refractivity contribution is -0.177. The number of halogens is 1. The smallest absolute Gasteiger partial charge is 0.348 e. The molecule has 0 saturated heterocycles. The molecule has 0 bridgehead atoms. The third-order valence-corrected chi connectivity index (χ3v) is 4.70. The third-order valence-electron chi connectivity index (χ3n) is 4.70. The SMILES string of the molecule is CCOC(=O)C(C)(OCc1ccc(-c2ccc(F)cc2)nc1)C(=O)NCc1cc(C)on1. The number of carbonyl (C=O) groups is 2. The summed E-state index contributed by atoms with van der Waals surface area (Å²) >= 11 is 0. The summed E-state index contributed by atoms with van der Waals surface area (Å²) in [5.41, 5.74) is 0.707. The van der Waals surface area contributed by atoms with Gasteiger partial charge >= 0.3 is 5.97 Å². The van der Waals surface area contributed by atoms with Gasteiger partial charge in [0.25, 0.3) is 5.91 Å². The van der Waals surface area contributed by atoms with Crippen LogP contribution in [0.15, 0.2) is 53.2 Å². The van der Waals surface area contributed by atoms with Crippen molar-refractivity contribution in [1.82, 2.24) is 15.5 Å². The maximum absolute atomic E-state index is 13.1. The van der Waals surface area contributed by atoms with Gasteiger partial charge in [-0.05, 0) is 56.7 Å². The summed E-state index contributed by atoms with van der Waals surface area (Å²) < 4.78 is 28.9. The molecule has 9 heteroatoms. The highest BCUT2D eigenvalue weighted by Crippen LogP contribution is 2.20. The van der Waals surface area contributed by atoms with Crippen LogP contribution >= 0.6 is 0 Å². The van der Waals surface area contributed by atoms with E-state index >= 15 is 0 Å². The summed E-state index contributed by atoms with van der Waals surface area (Å²) in [6, 6.07) is 11.2. The largest absolute Gasteiger partial charge is 0.463 e. The molecule has 3 rings (SSSR count). The normalized spacial score (nSPS) is 12.8. The zero-order valence-electron chi connectivity index (χ0n) is 18.1. The number of benzene rings is 1. The molecule has 32 heavy (non-hydrogen) atoms. The van der Waals surface area contributed by atoms with E-state index in [4.69, 9.17) is 14.0 Å². The molecule has 3 aromatic rings. The van der Waals surface area contributed by atoms with Gasteiger partial charge in [0, 0.05) is 17.8 Å². The lowest BCUT2D eigenvalue weighted by atomic mass is 10.1. The molecule has 1 aromatic carbocycles. The van der Waals surface area contributed by atoms with Crippen LogP contribution in [-0.2, 0) is 32.2 Å². The van der Waals surface area contributed by atoms with Crippen LogP contribution in [0.4, 0.5) is 4.39 Å². The monoisotopic (exact) mass is 441 g/mol. The molecule has 8 nitrogen and oxygen atoms in total. The Morgan fingerprint density at radius 3 is 2.53 bits per heavy atom. The topological polar surface area (TPSA) is 104 Å². The molecule has 2 heterocycles. The number of carbonyl (C=O) groups excluding carboxylic acids is 2. The fourth-order valence-electron chi connectivity index (χ4n) is 2.86. The van der Waals surface area contributed by atoms with Crippen LogP contribution in [-0.4, -0.2) is 34.2 Å². The lowest BCUT2D eigenvalue weighted by Gasteiger charge is -2.26. The number of hydrogen-bond donors (Lipinski definition) is 1. The quantitative estimate of drug-likeness (QED) is 0.401. The summed E-state index contributed by atoms with van der Waals surface area (Å²) in [6.45, 7) is 4.85. The van der Waals surface area contributed by atoms with E-state index in [2.05, 4.69) is 15.5 Å². The Kier molecular flexibility index (Phi) is 7.32. The summed E-state index contributed by atoms with van der Waals surface area (Å²) in [6.07, 6.45) is 1.57. The summed E-state index contributed by atoms with van der Waals surface area (Å²) in [7, 11) is 0. The molecule has 0 fully saturated rings. The predicted molar refractivity (Wildman–Crippen MR) is 113 cm³/mol. The number of amides is 1. The predicted octanol–water partition coefficient (Wildman–Crippen LogP) is 3.34. The van der Waals surface area contributed by atoms with Gasteiger partial charge in [0.1, 0.15) is 17.3 Å². The number of rotatable bonds is 9. The van der Waals surface area contributed by atoms with E-state index in [9.17, 15) is 14.0 Å². The number of nitrogens with one attached hydrogen (secondary N) is 1. The molecule has 0 radical (unpaired) electrons. The van der Waals surface area contributed by atoms with Crippen molar-refractivity contribution in [2.24, 2.45) is 0 Å². The van der Waals surface area contributed by atoms with E-state index in [0.29, 0.717) is 22.7 Å². The molecule has 0 saturated carbocycles. The third kappa shape index (κ3) is 5.55. The van der Waals surface area contributed by atoms with Crippen LogP contribution in [0.3, 0.4) is 0 Å². The van der Waals surface area contributed by atoms with Crippen molar-refractivity contribution in [3.05, 3.63) is 71.5 Å². The van der Waals surface area contributed by atoms with Crippen molar-refractivity contribution in [3.8, 4) is 11.3 Å². The molecule has 1 N–H and O–H groups in total. The second-order valence-corrected chi connectivity index (χ2v) is 7.21. The van der Waals surface area contributed by atoms with Crippen LogP contribution < -0.4 is 5.32 Å². The fourth-order valence-corrected chi connectivity index (χ4v) is 2.86. The van der Waals surface area contributed by atoms with Gasteiger partial charge < -0.3 is 19.3 Å². The maximum Gasteiger partial charge on any atom is 0.348 e. The van der Waals surface area contributed by atoms with Gasteiger partial charge in [0.15, 0.2) is 0 Å². The Morgan fingerprint density at radius 2 is 1.94 bits per heavy atom. The highest BCUT2D eigenvalue weighted by Gasteiger charge is 2.44. The minimum Gasteiger partial charge on any atom is -0.463 e. The van der Waals surface area contributed by atoms with E-state index in [0.717, 1.165) is 5.56 Å². The number of aryl methyl sites for hydroxylation is 1. The molecule has 0 spiro atoms. The van der Waals surface area contributed by atoms with Gasteiger partial charge in [0.05, 0.1) is 25.5 Å². The van der Waals surface area contributed by atoms with Gasteiger partial charge in [-0.3, -0.25) is 9.78 Å². The summed E-state index contributed by atoms with van der Waals surface area (Å²) in [4.78, 5) is 29.7. The van der Waals surface area contributed by atoms with Crippen LogP contribution in [0.5, 0.6) is 0 Å². The zero-order valence-corrected chi connectivity index (χ0v) is 18.1. The molecule has 0 aliphatic carbocycles. The Bertz CT molecular complexity index is 1070. The number of pyridine rings is 1. The van der Waals surface area contributed by atoms with E-state index in [1.54, 1.807) is 50.4 Å². The van der Waals surface area contributed by atoms with Crippen LogP contribution in [0.25, 0.3) is 11.3 Å². The van der Waals surface area contributed by atoms with Gasteiger partial charge in [-0.2, -0.15) is 0 Å². The molecular weight excluding hydrogens is 417 g/mol. The first kappa shape index (κ1) is 23.1. The average Bonchev–Trinajstić information content (AvgIpc) is 3.22. The molecule has 1 amide bonds. The van der Waals surface area contributed by atoms with Crippen molar-refractivity contribution >= 4 is 11.9 Å². The van der Waals surface area contributed by atoms with E-state index < -0.39 is 17.5 Å². The molecule has 2 aromatic heterocycles. The van der Waals surface area contributed by atoms with Crippen molar-refractivity contribution < 1.29 is 28.0 Å². The van der Waals surface area contributed by atoms with Crippen molar-refractivity contribution in [2.75, 3.05) is 6.61 Å². The van der Waals surface area contributed by atoms with Crippen LogP contribution in [0.1, 0.15) is 30.9 Å². The molecule has 0 aliphatic rings. The highest BCUT2D eigenvalue weighted by atomic mass is 19.1. The Hall–Kier alpha value is -3.59. The van der Waals surface area contributed by atoms with Crippen LogP contribution in [0, 0.1) is 12.7 Å². The Labute approximate surface area is 184 Å². The second-order valence-electron chi connectivity index (χ2n) is 7.21.